The molecule has 0 saturated carbocycles. The number of nitriles is 1. The molecule has 0 amide bonds. The molecule has 4 nitrogen and oxygen atoms in total. The van der Waals surface area contributed by atoms with Crippen molar-refractivity contribution in [3.63, 3.8) is 0 Å². The van der Waals surface area contributed by atoms with Crippen LogP contribution in [-0.2, 0) is 10.1 Å². The van der Waals surface area contributed by atoms with E-state index >= 15 is 0 Å². The minimum absolute atomic E-state index is 0.0502. The second-order valence-electron chi connectivity index (χ2n) is 4.91. The molecule has 1 aliphatic rings. The maximum atomic E-state index is 11.2. The summed E-state index contributed by atoms with van der Waals surface area (Å²) >= 11 is 0. The van der Waals surface area contributed by atoms with Gasteiger partial charge in [0.25, 0.3) is 10.1 Å². The van der Waals surface area contributed by atoms with Crippen molar-refractivity contribution in [2.24, 2.45) is 11.3 Å². The third kappa shape index (κ3) is 2.65. The van der Waals surface area contributed by atoms with E-state index in [4.69, 9.17) is 4.55 Å². The SMILES string of the molecule is CCCC(C)C1(C#N)CC(S(=O)(=O)O)=CC=C1C. The van der Waals surface area contributed by atoms with Crippen LogP contribution in [0.15, 0.2) is 22.6 Å². The van der Waals surface area contributed by atoms with Crippen LogP contribution in [0, 0.1) is 22.7 Å². The second-order valence-corrected chi connectivity index (χ2v) is 6.38. The summed E-state index contributed by atoms with van der Waals surface area (Å²) in [7, 11) is -4.21. The van der Waals surface area contributed by atoms with Gasteiger partial charge in [-0.25, -0.2) is 0 Å². The van der Waals surface area contributed by atoms with Crippen molar-refractivity contribution in [1.29, 1.82) is 5.26 Å². The molecule has 2 unspecified atom stereocenters. The second kappa shape index (κ2) is 5.25. The van der Waals surface area contributed by atoms with Crippen molar-refractivity contribution in [2.45, 2.75) is 40.0 Å². The molecule has 0 heterocycles. The molecule has 0 radical (unpaired) electrons. The Hall–Kier alpha value is -1.12. The van der Waals surface area contributed by atoms with E-state index in [0.717, 1.165) is 18.4 Å². The molecule has 2 atom stereocenters. The molecule has 0 aromatic heterocycles. The lowest BCUT2D eigenvalue weighted by molar-refractivity contribution is 0.288. The van der Waals surface area contributed by atoms with Crippen LogP contribution in [-0.4, -0.2) is 13.0 Å². The Labute approximate surface area is 109 Å². The fourth-order valence-corrected chi connectivity index (χ4v) is 3.15. The molecule has 5 heteroatoms. The van der Waals surface area contributed by atoms with Crippen LogP contribution in [0.1, 0.15) is 40.0 Å². The van der Waals surface area contributed by atoms with Crippen LogP contribution in [0.4, 0.5) is 0 Å². The number of rotatable bonds is 4. The molecule has 0 aromatic rings. The molecular weight excluding hydrogens is 250 g/mol. The quantitative estimate of drug-likeness (QED) is 0.795. The summed E-state index contributed by atoms with van der Waals surface area (Å²) in [5.74, 6) is 0.0502. The molecule has 0 saturated heterocycles. The third-order valence-corrected chi connectivity index (χ3v) is 4.71. The van der Waals surface area contributed by atoms with Gasteiger partial charge in [0.05, 0.1) is 16.4 Å². The molecule has 0 spiro atoms. The zero-order valence-electron chi connectivity index (χ0n) is 11.0. The van der Waals surface area contributed by atoms with Crippen molar-refractivity contribution in [2.75, 3.05) is 0 Å². The van der Waals surface area contributed by atoms with Gasteiger partial charge in [-0.3, -0.25) is 4.55 Å². The zero-order valence-corrected chi connectivity index (χ0v) is 11.8. The normalized spacial score (nSPS) is 25.9. The highest BCUT2D eigenvalue weighted by Gasteiger charge is 2.42. The van der Waals surface area contributed by atoms with Crippen LogP contribution in [0.25, 0.3) is 0 Å². The Kier molecular flexibility index (Phi) is 4.36. The van der Waals surface area contributed by atoms with Gasteiger partial charge in [-0.15, -0.1) is 0 Å². The molecule has 0 aliphatic heterocycles. The van der Waals surface area contributed by atoms with Crippen molar-refractivity contribution in [1.82, 2.24) is 0 Å². The van der Waals surface area contributed by atoms with Crippen molar-refractivity contribution < 1.29 is 13.0 Å². The fraction of sp³-hybridized carbons (Fsp3) is 0.615. The van der Waals surface area contributed by atoms with Crippen molar-refractivity contribution in [3.8, 4) is 6.07 Å². The molecule has 0 fully saturated rings. The van der Waals surface area contributed by atoms with Gasteiger partial charge in [0, 0.05) is 6.42 Å². The molecule has 1 N–H and O–H groups in total. The highest BCUT2D eigenvalue weighted by molar-refractivity contribution is 7.89. The summed E-state index contributed by atoms with van der Waals surface area (Å²) in [5.41, 5.74) is 0.0361. The van der Waals surface area contributed by atoms with Gasteiger partial charge in [-0.05, 0) is 25.3 Å². The van der Waals surface area contributed by atoms with Gasteiger partial charge in [0.1, 0.15) is 0 Å². The third-order valence-electron chi connectivity index (χ3n) is 3.77. The predicted molar refractivity (Wildman–Crippen MR) is 70.1 cm³/mol. The van der Waals surface area contributed by atoms with Crippen LogP contribution in [0.3, 0.4) is 0 Å². The maximum Gasteiger partial charge on any atom is 0.290 e. The Balaban J connectivity index is 3.22. The van der Waals surface area contributed by atoms with E-state index in [-0.39, 0.29) is 17.2 Å². The molecule has 0 aromatic carbocycles. The Morgan fingerprint density at radius 3 is 2.61 bits per heavy atom. The summed E-state index contributed by atoms with van der Waals surface area (Å²) in [4.78, 5) is -0.0717. The van der Waals surface area contributed by atoms with E-state index in [1.165, 1.54) is 6.08 Å². The summed E-state index contributed by atoms with van der Waals surface area (Å²) in [6, 6.07) is 2.27. The number of nitrogens with zero attached hydrogens (tertiary/aromatic N) is 1. The smallest absolute Gasteiger partial charge is 0.282 e. The average molecular weight is 269 g/mol. The largest absolute Gasteiger partial charge is 0.290 e. The first-order valence-corrected chi connectivity index (χ1v) is 7.48. The Morgan fingerprint density at radius 2 is 2.17 bits per heavy atom. The lowest BCUT2D eigenvalue weighted by Gasteiger charge is -2.36. The van der Waals surface area contributed by atoms with Gasteiger partial charge in [-0.1, -0.05) is 31.9 Å². The lowest BCUT2D eigenvalue weighted by atomic mass is 9.67. The molecule has 1 rings (SSSR count). The standard InChI is InChI=1S/C13H19NO3S/c1-4-5-10(2)13(9-14)8-12(18(15,16)17)7-6-11(13)3/h6-7,10H,4-5,8H2,1-3H3,(H,15,16,17). The number of hydrogen-bond donors (Lipinski definition) is 1. The molecule has 100 valence electrons. The Bertz CT molecular complexity index is 525. The van der Waals surface area contributed by atoms with Gasteiger partial charge >= 0.3 is 0 Å². The van der Waals surface area contributed by atoms with Gasteiger partial charge < -0.3 is 0 Å². The van der Waals surface area contributed by atoms with Crippen LogP contribution < -0.4 is 0 Å². The van der Waals surface area contributed by atoms with Gasteiger partial charge in [0.15, 0.2) is 0 Å². The zero-order chi connectivity index (χ0) is 14.0. The van der Waals surface area contributed by atoms with E-state index in [9.17, 15) is 13.7 Å². The van der Waals surface area contributed by atoms with Gasteiger partial charge in [-0.2, -0.15) is 13.7 Å². The first-order chi connectivity index (χ1) is 8.28. The van der Waals surface area contributed by atoms with Crippen LogP contribution >= 0.6 is 0 Å². The predicted octanol–water partition coefficient (Wildman–Crippen LogP) is 3.05. The summed E-state index contributed by atoms with van der Waals surface area (Å²) in [6.07, 6.45) is 4.85. The number of allylic oxidation sites excluding steroid dienone is 4. The maximum absolute atomic E-state index is 11.2. The first-order valence-electron chi connectivity index (χ1n) is 6.04. The molecule has 18 heavy (non-hydrogen) atoms. The average Bonchev–Trinajstić information content (AvgIpc) is 2.28. The summed E-state index contributed by atoms with van der Waals surface area (Å²) in [6.45, 7) is 5.83. The molecule has 1 aliphatic carbocycles. The number of hydrogen-bond acceptors (Lipinski definition) is 3. The van der Waals surface area contributed by atoms with E-state index < -0.39 is 15.5 Å². The molecule has 0 bridgehead atoms. The fourth-order valence-electron chi connectivity index (χ4n) is 2.50. The van der Waals surface area contributed by atoms with Crippen molar-refractivity contribution >= 4 is 10.1 Å². The van der Waals surface area contributed by atoms with Gasteiger partial charge in [0.2, 0.25) is 0 Å². The van der Waals surface area contributed by atoms with Crippen LogP contribution in [0.5, 0.6) is 0 Å². The first kappa shape index (κ1) is 14.9. The lowest BCUT2D eigenvalue weighted by Crippen LogP contribution is -2.32. The van der Waals surface area contributed by atoms with E-state index in [2.05, 4.69) is 6.07 Å². The minimum atomic E-state index is -4.21. The van der Waals surface area contributed by atoms with E-state index in [1.807, 2.05) is 20.8 Å². The van der Waals surface area contributed by atoms with E-state index in [0.29, 0.717) is 0 Å². The highest BCUT2D eigenvalue weighted by atomic mass is 32.2. The Morgan fingerprint density at radius 1 is 1.56 bits per heavy atom. The minimum Gasteiger partial charge on any atom is -0.282 e. The van der Waals surface area contributed by atoms with E-state index in [1.54, 1.807) is 6.08 Å². The monoisotopic (exact) mass is 269 g/mol. The summed E-state index contributed by atoms with van der Waals surface area (Å²) in [5, 5.41) is 9.50. The van der Waals surface area contributed by atoms with Crippen LogP contribution in [0.2, 0.25) is 0 Å². The molecular formula is C13H19NO3S. The highest BCUT2D eigenvalue weighted by Crippen LogP contribution is 2.46. The summed E-state index contributed by atoms with van der Waals surface area (Å²) < 4.78 is 31.6. The topological polar surface area (TPSA) is 78.2 Å². The van der Waals surface area contributed by atoms with Crippen molar-refractivity contribution in [3.05, 3.63) is 22.6 Å².